The smallest absolute Gasteiger partial charge is 0.497 e. The summed E-state index contributed by atoms with van der Waals surface area (Å²) in [6.07, 6.45) is 3.24. The van der Waals surface area contributed by atoms with Crippen molar-refractivity contribution in [3.8, 4) is 11.4 Å². The number of para-hydroxylation sites is 1. The average molecular weight is 229 g/mol. The van der Waals surface area contributed by atoms with Crippen LogP contribution in [0.25, 0.3) is 16.6 Å². The van der Waals surface area contributed by atoms with Crippen LogP contribution >= 0.6 is 0 Å². The van der Waals surface area contributed by atoms with Crippen molar-refractivity contribution in [1.29, 1.82) is 0 Å². The molecule has 0 N–H and O–H groups in total. The molecule has 0 amide bonds. The minimum absolute atomic E-state index is 0. The molecule has 0 unspecified atom stereocenters. The van der Waals surface area contributed by atoms with Crippen LogP contribution in [0.4, 0.5) is 0 Å². The van der Waals surface area contributed by atoms with E-state index < -0.39 is 0 Å². The van der Waals surface area contributed by atoms with Gasteiger partial charge in [-0.3, -0.25) is 0 Å². The van der Waals surface area contributed by atoms with Gasteiger partial charge in [-0.15, -0.1) is 17.5 Å². The van der Waals surface area contributed by atoms with Crippen LogP contribution in [0, 0.1) is 6.20 Å². The van der Waals surface area contributed by atoms with Crippen LogP contribution in [0.15, 0.2) is 54.6 Å². The molecule has 1 aromatic heterocycles. The van der Waals surface area contributed by atoms with Crippen molar-refractivity contribution in [3.05, 3.63) is 60.8 Å². The number of hydrogen-bond acceptors (Lipinski definition) is 1. The normalized spacial score (nSPS) is 10.1. The summed E-state index contributed by atoms with van der Waals surface area (Å²) in [4.78, 5) is 0. The van der Waals surface area contributed by atoms with E-state index >= 15 is 0 Å². The van der Waals surface area contributed by atoms with E-state index in [9.17, 15) is 0 Å². The van der Waals surface area contributed by atoms with Gasteiger partial charge in [0.15, 0.2) is 0 Å². The molecule has 3 rings (SSSR count). The molecule has 0 fully saturated rings. The van der Waals surface area contributed by atoms with E-state index in [-0.39, 0.29) is 18.9 Å². The van der Waals surface area contributed by atoms with E-state index in [1.807, 2.05) is 42.5 Å². The second kappa shape index (κ2) is 5.35. The fourth-order valence-corrected chi connectivity index (χ4v) is 1.96. The van der Waals surface area contributed by atoms with Crippen molar-refractivity contribution in [2.75, 3.05) is 7.11 Å². The number of methoxy groups -OCH3 is 1. The summed E-state index contributed by atoms with van der Waals surface area (Å²) in [5.74, 6) is 0.866. The maximum atomic E-state index is 5.15. The first-order chi connectivity index (χ1) is 8.38. The molecule has 0 atom stereocenters. The molecule has 2 nitrogen and oxygen atoms in total. The molecule has 3 heteroatoms. The van der Waals surface area contributed by atoms with E-state index in [0.717, 1.165) is 17.0 Å². The van der Waals surface area contributed by atoms with Crippen molar-refractivity contribution in [2.24, 2.45) is 0 Å². The minimum Gasteiger partial charge on any atom is -0.497 e. The predicted molar refractivity (Wildman–Crippen MR) is 68.7 cm³/mol. The van der Waals surface area contributed by atoms with Crippen LogP contribution in [-0.2, 0) is 0 Å². The summed E-state index contributed by atoms with van der Waals surface area (Å²) < 4.78 is 7.20. The minimum atomic E-state index is 0. The summed E-state index contributed by atoms with van der Waals surface area (Å²) in [5, 5.41) is 1.20. The predicted octanol–water partition coefficient (Wildman–Crippen LogP) is 0.443. The Kier molecular flexibility index (Phi) is 3.81. The fourth-order valence-electron chi connectivity index (χ4n) is 1.96. The molecular weight excluding hydrogens is 217 g/mol. The molecule has 0 radical (unpaired) electrons. The maximum Gasteiger partial charge on any atom is 1.00 e. The molecule has 3 aromatic rings. The molecule has 2 aromatic carbocycles. The van der Waals surface area contributed by atoms with Gasteiger partial charge in [-0.1, -0.05) is 42.0 Å². The van der Waals surface area contributed by atoms with Gasteiger partial charge >= 0.3 is 18.9 Å². The van der Waals surface area contributed by atoms with Crippen molar-refractivity contribution in [3.63, 3.8) is 0 Å². The van der Waals surface area contributed by atoms with E-state index in [1.54, 1.807) is 7.11 Å². The third kappa shape index (κ3) is 2.18. The molecule has 0 aliphatic carbocycles. The standard InChI is InChI=1S/C15H12NO.Li/c1-17-14-8-6-13(7-9-14)16-11-10-12-4-2-3-5-15(12)16;/h2-10H,1H3;/q-1;+1. The molecule has 0 spiro atoms. The molecule has 84 valence electrons. The summed E-state index contributed by atoms with van der Waals surface area (Å²) in [6, 6.07) is 18.2. The zero-order chi connectivity index (χ0) is 11.7. The number of nitrogens with zero attached hydrogens (tertiary/aromatic N) is 1. The first-order valence-corrected chi connectivity index (χ1v) is 5.51. The van der Waals surface area contributed by atoms with Crippen molar-refractivity contribution < 1.29 is 23.6 Å². The Labute approximate surface area is 118 Å². The van der Waals surface area contributed by atoms with Gasteiger partial charge in [0.05, 0.1) is 7.11 Å². The summed E-state index contributed by atoms with van der Waals surface area (Å²) in [5.41, 5.74) is 2.25. The fraction of sp³-hybridized carbons (Fsp3) is 0.0667. The Morgan fingerprint density at radius 3 is 2.44 bits per heavy atom. The largest absolute Gasteiger partial charge is 1.00 e. The van der Waals surface area contributed by atoms with Gasteiger partial charge in [-0.05, 0) is 17.8 Å². The van der Waals surface area contributed by atoms with Gasteiger partial charge in [0.25, 0.3) is 0 Å². The third-order valence-corrected chi connectivity index (χ3v) is 2.86. The first kappa shape index (κ1) is 12.8. The molecular formula is C15H12LiNO. The SMILES string of the molecule is COc1ccc(-n2[c-]cc3ccccc32)cc1.[Li+]. The van der Waals surface area contributed by atoms with Gasteiger partial charge in [-0.2, -0.15) is 0 Å². The van der Waals surface area contributed by atoms with E-state index in [4.69, 9.17) is 4.74 Å². The zero-order valence-corrected chi connectivity index (χ0v) is 10.6. The Balaban J connectivity index is 0.00000120. The molecule has 0 saturated heterocycles. The zero-order valence-electron chi connectivity index (χ0n) is 10.6. The van der Waals surface area contributed by atoms with Gasteiger partial charge in [0.2, 0.25) is 0 Å². The number of rotatable bonds is 2. The molecule has 0 aliphatic rings. The first-order valence-electron chi connectivity index (χ1n) is 5.51. The van der Waals surface area contributed by atoms with Gasteiger partial charge in [0, 0.05) is 0 Å². The second-order valence-corrected chi connectivity index (χ2v) is 3.87. The molecule has 0 saturated carbocycles. The number of ether oxygens (including phenoxy) is 1. The van der Waals surface area contributed by atoms with Crippen LogP contribution in [-0.4, -0.2) is 11.7 Å². The van der Waals surface area contributed by atoms with Crippen LogP contribution in [0.3, 0.4) is 0 Å². The Morgan fingerprint density at radius 1 is 1.00 bits per heavy atom. The van der Waals surface area contributed by atoms with Crippen LogP contribution in [0.1, 0.15) is 0 Å². The quantitative estimate of drug-likeness (QED) is 0.459. The van der Waals surface area contributed by atoms with Crippen LogP contribution < -0.4 is 23.6 Å². The summed E-state index contributed by atoms with van der Waals surface area (Å²) >= 11 is 0. The molecule has 0 aliphatic heterocycles. The van der Waals surface area contributed by atoms with Gasteiger partial charge in [-0.25, -0.2) is 0 Å². The van der Waals surface area contributed by atoms with Gasteiger partial charge < -0.3 is 9.30 Å². The molecule has 1 heterocycles. The van der Waals surface area contributed by atoms with Crippen molar-refractivity contribution in [2.45, 2.75) is 0 Å². The number of fused-ring (bicyclic) bond motifs is 1. The van der Waals surface area contributed by atoms with Crippen molar-refractivity contribution in [1.82, 2.24) is 4.57 Å². The Hall–Kier alpha value is -1.62. The number of hydrogen-bond donors (Lipinski definition) is 0. The van der Waals surface area contributed by atoms with Crippen LogP contribution in [0.5, 0.6) is 5.75 Å². The Morgan fingerprint density at radius 2 is 1.72 bits per heavy atom. The van der Waals surface area contributed by atoms with Gasteiger partial charge in [0.1, 0.15) is 5.75 Å². The monoisotopic (exact) mass is 229 g/mol. The molecule has 0 bridgehead atoms. The van der Waals surface area contributed by atoms with E-state index in [2.05, 4.69) is 22.9 Å². The summed E-state index contributed by atoms with van der Waals surface area (Å²) in [7, 11) is 1.67. The summed E-state index contributed by atoms with van der Waals surface area (Å²) in [6.45, 7) is 0. The third-order valence-electron chi connectivity index (χ3n) is 2.86. The Bertz CT molecular complexity index is 643. The topological polar surface area (TPSA) is 14.2 Å². The average Bonchev–Trinajstić information content (AvgIpc) is 2.83. The number of aromatic nitrogens is 1. The second-order valence-electron chi connectivity index (χ2n) is 3.87. The van der Waals surface area contributed by atoms with Crippen molar-refractivity contribution >= 4 is 10.9 Å². The maximum absolute atomic E-state index is 5.15. The van der Waals surface area contributed by atoms with E-state index in [0.29, 0.717) is 0 Å². The van der Waals surface area contributed by atoms with E-state index in [1.165, 1.54) is 5.39 Å². The molecule has 18 heavy (non-hydrogen) atoms. The van der Waals surface area contributed by atoms with Crippen LogP contribution in [0.2, 0.25) is 0 Å². The number of benzene rings is 2.